The van der Waals surface area contributed by atoms with Gasteiger partial charge in [-0.25, -0.2) is 0 Å². The Bertz CT molecular complexity index is 1270. The Morgan fingerprint density at radius 2 is 1.88 bits per heavy atom. The number of fused-ring (bicyclic) bond motifs is 1. The van der Waals surface area contributed by atoms with Crippen molar-refractivity contribution in [2.24, 2.45) is 7.05 Å². The lowest BCUT2D eigenvalue weighted by Crippen LogP contribution is -2.24. The van der Waals surface area contributed by atoms with Gasteiger partial charge < -0.3 is 23.9 Å². The molecule has 2 atom stereocenters. The van der Waals surface area contributed by atoms with Crippen LogP contribution in [0.25, 0.3) is 0 Å². The highest BCUT2D eigenvalue weighted by Gasteiger charge is 2.30. The minimum absolute atomic E-state index is 0.241. The highest BCUT2D eigenvalue weighted by molar-refractivity contribution is 8.00. The molecule has 3 heterocycles. The summed E-state index contributed by atoms with van der Waals surface area (Å²) in [7, 11) is 1.85. The van der Waals surface area contributed by atoms with Gasteiger partial charge in [0.15, 0.2) is 34.4 Å². The lowest BCUT2D eigenvalue weighted by molar-refractivity contribution is -0.115. The molecule has 0 saturated carbocycles. The fourth-order valence-corrected chi connectivity index (χ4v) is 4.49. The fraction of sp³-hybridized carbons (Fsp3) is 0.217. The molecule has 0 aliphatic carbocycles. The molecule has 2 aromatic heterocycles. The molecule has 0 radical (unpaired) electrons. The molecular formula is C23H21N5O4S. The summed E-state index contributed by atoms with van der Waals surface area (Å²) in [4.78, 5) is 13.2. The number of hydrogen-bond donors (Lipinski definition) is 1. The maximum Gasteiger partial charge on any atom is 0.243 e. The van der Waals surface area contributed by atoms with Crippen molar-refractivity contribution in [1.82, 2.24) is 19.9 Å². The first-order valence-corrected chi connectivity index (χ1v) is 11.2. The second kappa shape index (κ2) is 8.99. The van der Waals surface area contributed by atoms with Crippen LogP contribution in [0, 0.1) is 6.92 Å². The van der Waals surface area contributed by atoms with Gasteiger partial charge in [0.25, 0.3) is 0 Å². The number of rotatable bonds is 6. The molecule has 1 aliphatic rings. The third-order valence-corrected chi connectivity index (χ3v) is 6.40. The molecule has 168 valence electrons. The number of carbonyl (C=O) groups excluding carboxylic acids is 1. The van der Waals surface area contributed by atoms with Gasteiger partial charge in [-0.3, -0.25) is 4.79 Å². The third kappa shape index (κ3) is 4.42. The van der Waals surface area contributed by atoms with E-state index in [9.17, 15) is 4.79 Å². The molecule has 0 bridgehead atoms. The molecule has 1 amide bonds. The number of aromatic nitrogens is 4. The van der Waals surface area contributed by atoms with E-state index in [1.54, 1.807) is 13.0 Å². The van der Waals surface area contributed by atoms with Crippen LogP contribution in [0.15, 0.2) is 70.3 Å². The Labute approximate surface area is 194 Å². The molecule has 4 aromatic rings. The summed E-state index contributed by atoms with van der Waals surface area (Å²) in [5.41, 5.74) is 0.830. The zero-order chi connectivity index (χ0) is 22.8. The van der Waals surface area contributed by atoms with Gasteiger partial charge in [-0.1, -0.05) is 59.4 Å². The van der Waals surface area contributed by atoms with E-state index in [1.165, 1.54) is 11.8 Å². The number of para-hydroxylation sites is 2. The number of thioether (sulfide) groups is 1. The molecule has 1 aliphatic heterocycles. The van der Waals surface area contributed by atoms with Crippen LogP contribution in [0.2, 0.25) is 0 Å². The van der Waals surface area contributed by atoms with Crippen LogP contribution in [-0.2, 0) is 11.8 Å². The predicted molar refractivity (Wildman–Crippen MR) is 121 cm³/mol. The number of aryl methyl sites for hydroxylation is 1. The standard InChI is InChI=1S/C23H21N5O4S/c1-14-12-19(27-32-14)24-22(29)20(15-8-4-3-5-9-15)33-23-26-25-21(28(23)2)18-13-30-16-10-6-7-11-17(16)31-18/h3-12,18,20H,13H2,1-2H3,(H,24,27,29)/t18-,20+/m0/s1. The molecular weight excluding hydrogens is 442 g/mol. The van der Waals surface area contributed by atoms with Crippen molar-refractivity contribution in [3.8, 4) is 11.5 Å². The lowest BCUT2D eigenvalue weighted by Gasteiger charge is -2.25. The predicted octanol–water partition coefficient (Wildman–Crippen LogP) is 4.10. The first kappa shape index (κ1) is 21.1. The molecule has 0 fully saturated rings. The molecule has 2 aromatic carbocycles. The minimum Gasteiger partial charge on any atom is -0.485 e. The Morgan fingerprint density at radius 1 is 1.12 bits per heavy atom. The summed E-state index contributed by atoms with van der Waals surface area (Å²) >= 11 is 1.30. The topological polar surface area (TPSA) is 104 Å². The minimum atomic E-state index is -0.580. The quantitative estimate of drug-likeness (QED) is 0.426. The Morgan fingerprint density at radius 3 is 2.64 bits per heavy atom. The molecule has 10 heteroatoms. The van der Waals surface area contributed by atoms with Crippen LogP contribution in [0.5, 0.6) is 11.5 Å². The van der Waals surface area contributed by atoms with E-state index in [0.717, 1.165) is 5.56 Å². The first-order chi connectivity index (χ1) is 16.1. The van der Waals surface area contributed by atoms with Crippen LogP contribution >= 0.6 is 11.8 Å². The van der Waals surface area contributed by atoms with Crippen LogP contribution < -0.4 is 14.8 Å². The Kier molecular flexibility index (Phi) is 5.74. The summed E-state index contributed by atoms with van der Waals surface area (Å²) in [5, 5.41) is 15.3. The molecule has 0 spiro atoms. The molecule has 1 N–H and O–H groups in total. The van der Waals surface area contributed by atoms with E-state index < -0.39 is 11.4 Å². The second-order valence-corrected chi connectivity index (χ2v) is 8.56. The number of benzene rings is 2. The number of ether oxygens (including phenoxy) is 2. The SMILES string of the molecule is Cc1cc(NC(=O)[C@H](Sc2nnc([C@@H]3COc4ccccc4O3)n2C)c2ccccc2)no1. The van der Waals surface area contributed by atoms with Crippen molar-refractivity contribution in [2.45, 2.75) is 23.4 Å². The van der Waals surface area contributed by atoms with Gasteiger partial charge in [0, 0.05) is 13.1 Å². The molecule has 33 heavy (non-hydrogen) atoms. The molecule has 9 nitrogen and oxygen atoms in total. The van der Waals surface area contributed by atoms with Crippen LogP contribution in [0.4, 0.5) is 5.82 Å². The average Bonchev–Trinajstić information content (AvgIpc) is 3.42. The number of nitrogens with one attached hydrogen (secondary N) is 1. The van der Waals surface area contributed by atoms with E-state index in [0.29, 0.717) is 40.7 Å². The van der Waals surface area contributed by atoms with Gasteiger partial charge in [0.1, 0.15) is 17.6 Å². The van der Waals surface area contributed by atoms with Gasteiger partial charge in [-0.15, -0.1) is 10.2 Å². The van der Waals surface area contributed by atoms with Gasteiger partial charge in [-0.2, -0.15) is 0 Å². The maximum absolute atomic E-state index is 13.2. The smallest absolute Gasteiger partial charge is 0.243 e. The van der Waals surface area contributed by atoms with Crippen molar-refractivity contribution < 1.29 is 18.8 Å². The highest BCUT2D eigenvalue weighted by atomic mass is 32.2. The summed E-state index contributed by atoms with van der Waals surface area (Å²) in [6.45, 7) is 2.09. The van der Waals surface area contributed by atoms with E-state index >= 15 is 0 Å². The van der Waals surface area contributed by atoms with Crippen molar-refractivity contribution in [3.05, 3.63) is 77.8 Å². The van der Waals surface area contributed by atoms with Crippen molar-refractivity contribution in [3.63, 3.8) is 0 Å². The Hall–Kier alpha value is -3.79. The highest BCUT2D eigenvalue weighted by Crippen LogP contribution is 2.38. The Balaban J connectivity index is 1.38. The monoisotopic (exact) mass is 463 g/mol. The van der Waals surface area contributed by atoms with E-state index in [1.807, 2.05) is 66.2 Å². The number of amides is 1. The van der Waals surface area contributed by atoms with E-state index in [2.05, 4.69) is 20.7 Å². The van der Waals surface area contributed by atoms with Gasteiger partial charge in [0.05, 0.1) is 0 Å². The van der Waals surface area contributed by atoms with Crippen LogP contribution in [-0.4, -0.2) is 32.4 Å². The normalized spacial score (nSPS) is 15.8. The van der Waals surface area contributed by atoms with Crippen molar-refractivity contribution in [1.29, 1.82) is 0 Å². The third-order valence-electron chi connectivity index (χ3n) is 5.11. The largest absolute Gasteiger partial charge is 0.485 e. The maximum atomic E-state index is 13.2. The number of nitrogens with zero attached hydrogens (tertiary/aromatic N) is 4. The molecule has 5 rings (SSSR count). The first-order valence-electron chi connectivity index (χ1n) is 10.3. The second-order valence-electron chi connectivity index (χ2n) is 7.48. The zero-order valence-electron chi connectivity index (χ0n) is 18.0. The molecule has 0 saturated heterocycles. The van der Waals surface area contributed by atoms with Gasteiger partial charge in [-0.05, 0) is 24.6 Å². The van der Waals surface area contributed by atoms with Gasteiger partial charge >= 0.3 is 0 Å². The summed E-state index contributed by atoms with van der Waals surface area (Å²) in [6.07, 6.45) is -0.408. The summed E-state index contributed by atoms with van der Waals surface area (Å²) < 4.78 is 18.8. The number of anilines is 1. The van der Waals surface area contributed by atoms with E-state index in [4.69, 9.17) is 14.0 Å². The average molecular weight is 464 g/mol. The number of hydrogen-bond acceptors (Lipinski definition) is 8. The molecule has 0 unspecified atom stereocenters. The van der Waals surface area contributed by atoms with E-state index in [-0.39, 0.29) is 5.91 Å². The fourth-order valence-electron chi connectivity index (χ4n) is 3.48. The summed E-state index contributed by atoms with van der Waals surface area (Å²) in [6, 6.07) is 18.7. The summed E-state index contributed by atoms with van der Waals surface area (Å²) in [5.74, 6) is 2.72. The van der Waals surface area contributed by atoms with Crippen LogP contribution in [0.1, 0.15) is 28.5 Å². The number of carbonyl (C=O) groups is 1. The van der Waals surface area contributed by atoms with Crippen molar-refractivity contribution in [2.75, 3.05) is 11.9 Å². The lowest BCUT2D eigenvalue weighted by atomic mass is 10.1. The van der Waals surface area contributed by atoms with Gasteiger partial charge in [0.2, 0.25) is 5.91 Å². The van der Waals surface area contributed by atoms with Crippen LogP contribution in [0.3, 0.4) is 0 Å². The zero-order valence-corrected chi connectivity index (χ0v) is 18.8. The van der Waals surface area contributed by atoms with Crippen molar-refractivity contribution >= 4 is 23.5 Å².